The molecule has 0 spiro atoms. The van der Waals surface area contributed by atoms with Gasteiger partial charge in [-0.3, -0.25) is 14.5 Å². The molecule has 1 aliphatic heterocycles. The van der Waals surface area contributed by atoms with Gasteiger partial charge in [0.15, 0.2) is 0 Å². The summed E-state index contributed by atoms with van der Waals surface area (Å²) >= 11 is 0. The molecule has 0 aromatic heterocycles. The van der Waals surface area contributed by atoms with E-state index in [4.69, 9.17) is 0 Å². The zero-order valence-corrected chi connectivity index (χ0v) is 17.2. The SMILES string of the molecule is Cc1cc(C)cc(NC2=C(c3ccccc3)C(=O)N(CCc3ccccc3)C2=O)c1. The highest BCUT2D eigenvalue weighted by molar-refractivity contribution is 6.36. The largest absolute Gasteiger partial charge is 0.350 e. The van der Waals surface area contributed by atoms with Crippen LogP contribution >= 0.6 is 0 Å². The van der Waals surface area contributed by atoms with E-state index in [9.17, 15) is 9.59 Å². The first-order valence-corrected chi connectivity index (χ1v) is 10.1. The van der Waals surface area contributed by atoms with E-state index in [1.165, 1.54) is 4.90 Å². The Morgan fingerprint density at radius 2 is 1.37 bits per heavy atom. The molecule has 3 aromatic rings. The lowest BCUT2D eigenvalue weighted by molar-refractivity contribution is -0.136. The van der Waals surface area contributed by atoms with Gasteiger partial charge in [-0.25, -0.2) is 0 Å². The number of rotatable bonds is 6. The molecule has 4 nitrogen and oxygen atoms in total. The Morgan fingerprint density at radius 3 is 2.00 bits per heavy atom. The molecular formula is C26H24N2O2. The maximum absolute atomic E-state index is 13.3. The second-order valence-corrected chi connectivity index (χ2v) is 7.61. The summed E-state index contributed by atoms with van der Waals surface area (Å²) in [6.07, 6.45) is 0.622. The third-order valence-electron chi connectivity index (χ3n) is 5.19. The topological polar surface area (TPSA) is 49.4 Å². The minimum Gasteiger partial charge on any atom is -0.350 e. The zero-order chi connectivity index (χ0) is 21.1. The summed E-state index contributed by atoms with van der Waals surface area (Å²) in [5.41, 5.74) is 5.59. The standard InChI is InChI=1S/C26H24N2O2/c1-18-15-19(2)17-22(16-18)27-24-23(21-11-7-4-8-12-21)25(29)28(26(24)30)14-13-20-9-5-3-6-10-20/h3-12,15-17,27H,13-14H2,1-2H3. The van der Waals surface area contributed by atoms with Gasteiger partial charge in [-0.15, -0.1) is 0 Å². The third kappa shape index (κ3) is 4.03. The number of carbonyl (C=O) groups is 2. The predicted molar refractivity (Wildman–Crippen MR) is 120 cm³/mol. The van der Waals surface area contributed by atoms with Gasteiger partial charge >= 0.3 is 0 Å². The van der Waals surface area contributed by atoms with Crippen LogP contribution in [0, 0.1) is 13.8 Å². The average Bonchev–Trinajstić information content (AvgIpc) is 2.96. The maximum Gasteiger partial charge on any atom is 0.278 e. The van der Waals surface area contributed by atoms with Crippen molar-refractivity contribution < 1.29 is 9.59 Å². The predicted octanol–water partition coefficient (Wildman–Crippen LogP) is 4.74. The number of imide groups is 1. The number of hydrogen-bond donors (Lipinski definition) is 1. The van der Waals surface area contributed by atoms with E-state index >= 15 is 0 Å². The van der Waals surface area contributed by atoms with Crippen LogP contribution in [0.15, 0.2) is 84.6 Å². The van der Waals surface area contributed by atoms with Crippen molar-refractivity contribution in [1.82, 2.24) is 4.90 Å². The first-order chi connectivity index (χ1) is 14.5. The summed E-state index contributed by atoms with van der Waals surface area (Å²) in [4.78, 5) is 27.9. The van der Waals surface area contributed by atoms with Crippen LogP contribution in [0.2, 0.25) is 0 Å². The lowest BCUT2D eigenvalue weighted by Gasteiger charge is -2.15. The molecule has 2 amide bonds. The van der Waals surface area contributed by atoms with Crippen LogP contribution in [0.4, 0.5) is 5.69 Å². The van der Waals surface area contributed by atoms with Crippen LogP contribution in [-0.2, 0) is 16.0 Å². The second-order valence-electron chi connectivity index (χ2n) is 7.61. The Labute approximate surface area is 176 Å². The van der Waals surface area contributed by atoms with Gasteiger partial charge in [-0.2, -0.15) is 0 Å². The molecular weight excluding hydrogens is 372 g/mol. The van der Waals surface area contributed by atoms with Crippen molar-refractivity contribution in [2.24, 2.45) is 0 Å². The molecule has 0 saturated heterocycles. The van der Waals surface area contributed by atoms with Crippen LogP contribution in [0.5, 0.6) is 0 Å². The summed E-state index contributed by atoms with van der Waals surface area (Å²) in [5.74, 6) is -0.539. The highest BCUT2D eigenvalue weighted by Crippen LogP contribution is 2.31. The normalized spacial score (nSPS) is 13.9. The van der Waals surface area contributed by atoms with Gasteiger partial charge in [0.25, 0.3) is 11.8 Å². The number of anilines is 1. The van der Waals surface area contributed by atoms with Crippen molar-refractivity contribution in [3.8, 4) is 0 Å². The number of amides is 2. The van der Waals surface area contributed by atoms with Crippen LogP contribution in [0.3, 0.4) is 0 Å². The highest BCUT2D eigenvalue weighted by atomic mass is 16.2. The number of hydrogen-bond acceptors (Lipinski definition) is 3. The molecule has 0 bridgehead atoms. The fourth-order valence-corrected chi connectivity index (χ4v) is 3.84. The van der Waals surface area contributed by atoms with Gasteiger partial charge in [0.2, 0.25) is 0 Å². The minimum atomic E-state index is -0.283. The third-order valence-corrected chi connectivity index (χ3v) is 5.19. The number of nitrogens with one attached hydrogen (secondary N) is 1. The zero-order valence-electron chi connectivity index (χ0n) is 17.2. The second kappa shape index (κ2) is 8.37. The molecule has 0 atom stereocenters. The number of nitrogens with zero attached hydrogens (tertiary/aromatic N) is 1. The summed E-state index contributed by atoms with van der Waals surface area (Å²) < 4.78 is 0. The highest BCUT2D eigenvalue weighted by Gasteiger charge is 2.38. The summed E-state index contributed by atoms with van der Waals surface area (Å²) in [6, 6.07) is 25.3. The Morgan fingerprint density at radius 1 is 0.767 bits per heavy atom. The minimum absolute atomic E-state index is 0.256. The maximum atomic E-state index is 13.3. The van der Waals surface area contributed by atoms with E-state index in [2.05, 4.69) is 11.4 Å². The van der Waals surface area contributed by atoms with Crippen LogP contribution in [0.25, 0.3) is 5.57 Å². The van der Waals surface area contributed by atoms with Gasteiger partial charge in [0.1, 0.15) is 5.70 Å². The molecule has 4 heteroatoms. The molecule has 1 aliphatic rings. The van der Waals surface area contributed by atoms with Gasteiger partial charge in [-0.05, 0) is 54.7 Å². The molecule has 0 aliphatic carbocycles. The van der Waals surface area contributed by atoms with E-state index in [1.807, 2.05) is 86.6 Å². The Bertz CT molecular complexity index is 1100. The lowest BCUT2D eigenvalue weighted by atomic mass is 10.0. The van der Waals surface area contributed by atoms with Gasteiger partial charge < -0.3 is 5.32 Å². The molecule has 0 unspecified atom stereocenters. The van der Waals surface area contributed by atoms with Gasteiger partial charge in [0, 0.05) is 12.2 Å². The van der Waals surface area contributed by atoms with E-state index in [0.717, 1.165) is 27.9 Å². The fourth-order valence-electron chi connectivity index (χ4n) is 3.84. The average molecular weight is 396 g/mol. The lowest BCUT2D eigenvalue weighted by Crippen LogP contribution is -2.34. The monoisotopic (exact) mass is 396 g/mol. The van der Waals surface area contributed by atoms with Crippen LogP contribution < -0.4 is 5.32 Å². The summed E-state index contributed by atoms with van der Waals surface area (Å²) in [5, 5.41) is 3.25. The van der Waals surface area contributed by atoms with Gasteiger partial charge in [0.05, 0.1) is 5.57 Å². The van der Waals surface area contributed by atoms with Crippen molar-refractivity contribution in [2.45, 2.75) is 20.3 Å². The van der Waals surface area contributed by atoms with E-state index < -0.39 is 0 Å². The van der Waals surface area contributed by atoms with Crippen LogP contribution in [-0.4, -0.2) is 23.3 Å². The van der Waals surface area contributed by atoms with Crippen molar-refractivity contribution in [2.75, 3.05) is 11.9 Å². The summed E-state index contributed by atoms with van der Waals surface area (Å²) in [6.45, 7) is 4.37. The first-order valence-electron chi connectivity index (χ1n) is 10.1. The number of aryl methyl sites for hydroxylation is 2. The van der Waals surface area contributed by atoms with E-state index in [-0.39, 0.29) is 11.8 Å². The van der Waals surface area contributed by atoms with Crippen molar-refractivity contribution in [3.63, 3.8) is 0 Å². The van der Waals surface area contributed by atoms with E-state index in [0.29, 0.717) is 24.2 Å². The molecule has 30 heavy (non-hydrogen) atoms. The number of carbonyl (C=O) groups excluding carboxylic acids is 2. The molecule has 1 heterocycles. The quantitative estimate of drug-likeness (QED) is 0.613. The van der Waals surface area contributed by atoms with Crippen LogP contribution in [0.1, 0.15) is 22.3 Å². The van der Waals surface area contributed by atoms with Gasteiger partial charge in [-0.1, -0.05) is 66.7 Å². The van der Waals surface area contributed by atoms with Crippen molar-refractivity contribution >= 4 is 23.1 Å². The summed E-state index contributed by atoms with van der Waals surface area (Å²) in [7, 11) is 0. The first kappa shape index (κ1) is 19.6. The number of benzene rings is 3. The molecule has 150 valence electrons. The van der Waals surface area contributed by atoms with Crippen molar-refractivity contribution in [1.29, 1.82) is 0 Å². The molecule has 1 N–H and O–H groups in total. The molecule has 0 saturated carbocycles. The van der Waals surface area contributed by atoms with E-state index in [1.54, 1.807) is 0 Å². The fraction of sp³-hybridized carbons (Fsp3) is 0.154. The molecule has 0 fully saturated rings. The molecule has 3 aromatic carbocycles. The van der Waals surface area contributed by atoms with Crippen molar-refractivity contribution in [3.05, 3.63) is 107 Å². The molecule has 0 radical (unpaired) electrons. The molecule has 4 rings (SSSR count). The Kier molecular flexibility index (Phi) is 5.48. The smallest absolute Gasteiger partial charge is 0.278 e. The Balaban J connectivity index is 1.68. The Hall–Kier alpha value is -3.66.